The number of aromatic nitrogens is 2. The van der Waals surface area contributed by atoms with Crippen LogP contribution in [0.3, 0.4) is 0 Å². The summed E-state index contributed by atoms with van der Waals surface area (Å²) in [5.74, 6) is 0.426. The zero-order valence-electron chi connectivity index (χ0n) is 10.9. The second kappa shape index (κ2) is 4.73. The summed E-state index contributed by atoms with van der Waals surface area (Å²) in [4.78, 5) is 0. The predicted molar refractivity (Wildman–Crippen MR) is 73.9 cm³/mol. The van der Waals surface area contributed by atoms with Gasteiger partial charge in [0.25, 0.3) is 0 Å². The lowest BCUT2D eigenvalue weighted by Gasteiger charge is -2.39. The van der Waals surface area contributed by atoms with Gasteiger partial charge in [0.05, 0.1) is 16.4 Å². The summed E-state index contributed by atoms with van der Waals surface area (Å²) in [6.45, 7) is 7.71. The van der Waals surface area contributed by atoms with Crippen molar-refractivity contribution in [3.8, 4) is 0 Å². The van der Waals surface area contributed by atoms with E-state index in [0.29, 0.717) is 11.3 Å². The summed E-state index contributed by atoms with van der Waals surface area (Å²) in [5, 5.41) is 4.41. The van der Waals surface area contributed by atoms with Crippen molar-refractivity contribution >= 4 is 15.9 Å². The summed E-state index contributed by atoms with van der Waals surface area (Å²) < 4.78 is 3.19. The summed E-state index contributed by atoms with van der Waals surface area (Å²) in [7, 11) is 0. The molecule has 0 bridgehead atoms. The Labute approximate surface area is 112 Å². The molecule has 17 heavy (non-hydrogen) atoms. The summed E-state index contributed by atoms with van der Waals surface area (Å²) in [6, 6.07) is 0.265. The highest BCUT2D eigenvalue weighted by atomic mass is 79.9. The minimum Gasteiger partial charge on any atom is -0.327 e. The van der Waals surface area contributed by atoms with Gasteiger partial charge in [-0.1, -0.05) is 13.8 Å². The minimum absolute atomic E-state index is 0.265. The molecule has 1 heterocycles. The molecule has 1 aromatic rings. The third-order valence-electron chi connectivity index (χ3n) is 3.93. The fourth-order valence-corrected chi connectivity index (χ4v) is 3.49. The summed E-state index contributed by atoms with van der Waals surface area (Å²) in [5.41, 5.74) is 8.00. The van der Waals surface area contributed by atoms with Gasteiger partial charge in [-0.05, 0) is 47.5 Å². The molecule has 0 saturated heterocycles. The molecule has 1 aliphatic carbocycles. The van der Waals surface area contributed by atoms with Crippen LogP contribution in [0.25, 0.3) is 0 Å². The molecule has 0 amide bonds. The molecule has 2 rings (SSSR count). The van der Waals surface area contributed by atoms with Gasteiger partial charge in [0, 0.05) is 18.5 Å². The van der Waals surface area contributed by atoms with E-state index in [-0.39, 0.29) is 6.04 Å². The quantitative estimate of drug-likeness (QED) is 0.911. The van der Waals surface area contributed by atoms with Gasteiger partial charge in [-0.2, -0.15) is 5.10 Å². The number of nitrogens with zero attached hydrogens (tertiary/aromatic N) is 2. The van der Waals surface area contributed by atoms with Gasteiger partial charge in [-0.15, -0.1) is 0 Å². The molecule has 1 fully saturated rings. The van der Waals surface area contributed by atoms with Crippen molar-refractivity contribution in [1.82, 2.24) is 9.78 Å². The fourth-order valence-electron chi connectivity index (χ4n) is 2.90. The van der Waals surface area contributed by atoms with Crippen LogP contribution in [-0.4, -0.2) is 15.8 Å². The van der Waals surface area contributed by atoms with Crippen LogP contribution in [0.4, 0.5) is 0 Å². The van der Waals surface area contributed by atoms with Crippen molar-refractivity contribution < 1.29 is 0 Å². The van der Waals surface area contributed by atoms with Crippen LogP contribution in [0.2, 0.25) is 0 Å². The van der Waals surface area contributed by atoms with Gasteiger partial charge in [-0.25, -0.2) is 0 Å². The Bertz CT molecular complexity index is 397. The average Bonchev–Trinajstić information content (AvgIpc) is 2.63. The predicted octanol–water partition coefficient (Wildman–Crippen LogP) is 3.29. The van der Waals surface area contributed by atoms with Crippen LogP contribution in [0.1, 0.15) is 51.6 Å². The fraction of sp³-hybridized carbons (Fsp3) is 0.769. The Morgan fingerprint density at radius 2 is 2.29 bits per heavy atom. The molecule has 1 saturated carbocycles. The van der Waals surface area contributed by atoms with Crippen molar-refractivity contribution in [2.75, 3.05) is 0 Å². The highest BCUT2D eigenvalue weighted by molar-refractivity contribution is 9.10. The molecule has 0 aliphatic heterocycles. The van der Waals surface area contributed by atoms with E-state index in [1.807, 2.05) is 6.20 Å². The van der Waals surface area contributed by atoms with Crippen LogP contribution in [0.15, 0.2) is 10.7 Å². The van der Waals surface area contributed by atoms with Crippen molar-refractivity contribution in [3.05, 3.63) is 16.4 Å². The zero-order chi connectivity index (χ0) is 12.6. The number of halogens is 1. The maximum atomic E-state index is 6.32. The van der Waals surface area contributed by atoms with E-state index < -0.39 is 0 Å². The Morgan fingerprint density at radius 1 is 1.59 bits per heavy atom. The van der Waals surface area contributed by atoms with Gasteiger partial charge in [-0.3, -0.25) is 4.68 Å². The van der Waals surface area contributed by atoms with Crippen LogP contribution >= 0.6 is 15.9 Å². The molecule has 1 aromatic heterocycles. The summed E-state index contributed by atoms with van der Waals surface area (Å²) in [6.07, 6.45) is 5.38. The van der Waals surface area contributed by atoms with E-state index >= 15 is 0 Å². The minimum atomic E-state index is 0.265. The number of aryl methyl sites for hydroxylation is 1. The van der Waals surface area contributed by atoms with Crippen molar-refractivity contribution in [3.63, 3.8) is 0 Å². The Hall–Kier alpha value is -0.350. The highest BCUT2D eigenvalue weighted by Crippen LogP contribution is 2.44. The van der Waals surface area contributed by atoms with E-state index in [1.54, 1.807) is 0 Å². The lowest BCUT2D eigenvalue weighted by molar-refractivity contribution is 0.193. The monoisotopic (exact) mass is 299 g/mol. The second-order valence-electron chi connectivity index (χ2n) is 5.87. The second-order valence-corrected chi connectivity index (χ2v) is 6.73. The first-order chi connectivity index (χ1) is 7.94. The van der Waals surface area contributed by atoms with Crippen molar-refractivity contribution in [1.29, 1.82) is 0 Å². The first-order valence-electron chi connectivity index (χ1n) is 6.41. The van der Waals surface area contributed by atoms with Gasteiger partial charge in [0.1, 0.15) is 0 Å². The largest absolute Gasteiger partial charge is 0.327 e. The summed E-state index contributed by atoms with van der Waals surface area (Å²) >= 11 is 3.62. The smallest absolute Gasteiger partial charge is 0.0635 e. The van der Waals surface area contributed by atoms with Crippen LogP contribution in [0.5, 0.6) is 0 Å². The van der Waals surface area contributed by atoms with E-state index in [4.69, 9.17) is 5.73 Å². The van der Waals surface area contributed by atoms with Gasteiger partial charge in [0.15, 0.2) is 0 Å². The van der Waals surface area contributed by atoms with Crippen LogP contribution in [0, 0.1) is 5.41 Å². The lowest BCUT2D eigenvalue weighted by Crippen LogP contribution is -2.38. The SMILES string of the molecule is CCn1ncc(Br)c1C1CC(C)(C)CCC1N. The third kappa shape index (κ3) is 2.58. The van der Waals surface area contributed by atoms with Gasteiger partial charge in [0.2, 0.25) is 0 Å². The van der Waals surface area contributed by atoms with E-state index in [1.165, 1.54) is 12.1 Å². The molecule has 2 unspecified atom stereocenters. The number of rotatable bonds is 2. The molecule has 4 heteroatoms. The topological polar surface area (TPSA) is 43.8 Å². The molecule has 0 spiro atoms. The number of hydrogen-bond donors (Lipinski definition) is 1. The lowest BCUT2D eigenvalue weighted by atomic mass is 9.69. The Morgan fingerprint density at radius 3 is 2.94 bits per heavy atom. The first-order valence-corrected chi connectivity index (χ1v) is 7.20. The zero-order valence-corrected chi connectivity index (χ0v) is 12.5. The molecule has 96 valence electrons. The standard InChI is InChI=1S/C13H22BrN3/c1-4-17-12(10(14)8-16-17)9-7-13(2,3)6-5-11(9)15/h8-9,11H,4-7,15H2,1-3H3. The first kappa shape index (κ1) is 13.1. The van der Waals surface area contributed by atoms with Crippen molar-refractivity contribution in [2.24, 2.45) is 11.1 Å². The average molecular weight is 300 g/mol. The molecule has 0 aromatic carbocycles. The van der Waals surface area contributed by atoms with E-state index in [9.17, 15) is 0 Å². The molecule has 1 aliphatic rings. The Kier molecular flexibility index (Phi) is 3.64. The van der Waals surface area contributed by atoms with E-state index in [0.717, 1.165) is 23.9 Å². The highest BCUT2D eigenvalue weighted by Gasteiger charge is 2.36. The Balaban J connectivity index is 2.33. The number of nitrogens with two attached hydrogens (primary N) is 1. The molecular formula is C13H22BrN3. The molecule has 0 radical (unpaired) electrons. The molecule has 3 nitrogen and oxygen atoms in total. The normalized spacial score (nSPS) is 28.3. The third-order valence-corrected chi connectivity index (χ3v) is 4.54. The maximum Gasteiger partial charge on any atom is 0.0635 e. The van der Waals surface area contributed by atoms with Crippen LogP contribution in [-0.2, 0) is 6.54 Å². The maximum absolute atomic E-state index is 6.32. The van der Waals surface area contributed by atoms with Gasteiger partial charge >= 0.3 is 0 Å². The van der Waals surface area contributed by atoms with Gasteiger partial charge < -0.3 is 5.73 Å². The van der Waals surface area contributed by atoms with Crippen molar-refractivity contribution in [2.45, 2.75) is 58.5 Å². The molecule has 2 atom stereocenters. The van der Waals surface area contributed by atoms with Crippen LogP contribution < -0.4 is 5.73 Å². The number of hydrogen-bond acceptors (Lipinski definition) is 2. The van der Waals surface area contributed by atoms with E-state index in [2.05, 4.69) is 46.5 Å². The molecular weight excluding hydrogens is 278 g/mol. The molecule has 2 N–H and O–H groups in total.